The van der Waals surface area contributed by atoms with Gasteiger partial charge in [-0.05, 0) is 0 Å². The van der Waals surface area contributed by atoms with Gasteiger partial charge in [0.05, 0.1) is 0 Å². The maximum absolute atomic E-state index is 9.10. The van der Waals surface area contributed by atoms with Crippen molar-refractivity contribution in [2.24, 2.45) is 0 Å². The average Bonchev–Trinajstić information content (AvgIpc) is 1.59. The van der Waals surface area contributed by atoms with Gasteiger partial charge in [-0.25, -0.2) is 9.59 Å². The van der Waals surface area contributed by atoms with Gasteiger partial charge >= 0.3 is 93.7 Å². The predicted molar refractivity (Wildman–Crippen MR) is 32.7 cm³/mol. The summed E-state index contributed by atoms with van der Waals surface area (Å²) in [6.45, 7) is 0. The quantitative estimate of drug-likeness (QED) is 0.192. The van der Waals surface area contributed by atoms with E-state index in [0.717, 1.165) is 0 Å². The van der Waals surface area contributed by atoms with Crippen LogP contribution in [0.2, 0.25) is 0 Å². The Morgan fingerprint density at radius 1 is 0.833 bits per heavy atom. The van der Waals surface area contributed by atoms with Crippen molar-refractivity contribution in [3.8, 4) is 0 Å². The molecule has 0 amide bonds. The maximum atomic E-state index is 9.10. The summed E-state index contributed by atoms with van der Waals surface area (Å²) in [5.41, 5.74) is 0. The van der Waals surface area contributed by atoms with Crippen molar-refractivity contribution in [1.29, 1.82) is 0 Å². The van der Waals surface area contributed by atoms with Crippen LogP contribution < -0.4 is 0 Å². The Hall–Kier alpha value is 1.07. The molecule has 70 valence electrons. The van der Waals surface area contributed by atoms with E-state index < -0.39 is 30.1 Å². The van der Waals surface area contributed by atoms with E-state index in [-0.39, 0.29) is 48.9 Å². The van der Waals surface area contributed by atoms with E-state index in [1.807, 2.05) is 0 Å². The molecule has 8 nitrogen and oxygen atoms in total. The number of carboxylic acid groups (broad SMARTS) is 2. The van der Waals surface area contributed by atoms with Crippen molar-refractivity contribution in [2.45, 2.75) is 0 Å². The van der Waals surface area contributed by atoms with Gasteiger partial charge in [0.1, 0.15) is 0 Å². The molecule has 0 aliphatic carbocycles. The number of hydrogen-bond donors (Lipinski definition) is 6. The second kappa shape index (κ2) is 8.65. The number of carbonyl (C=O) groups is 2. The summed E-state index contributed by atoms with van der Waals surface area (Å²) in [7, 11) is 0. The molecule has 0 atom stereocenters. The Kier molecular flexibility index (Phi) is 13.5. The monoisotopic (exact) mass is 346 g/mol. The molecule has 0 aromatic carbocycles. The number of rotatable bonds is 0. The molecule has 0 bridgehead atoms. The second-order valence-electron chi connectivity index (χ2n) is 1.21. The van der Waals surface area contributed by atoms with Gasteiger partial charge in [0.2, 0.25) is 0 Å². The fourth-order valence-corrected chi connectivity index (χ4v) is 0. The molecule has 0 heterocycles. The van der Waals surface area contributed by atoms with Gasteiger partial charge in [0.15, 0.2) is 0 Å². The topological polar surface area (TPSA) is 156 Å². The van der Waals surface area contributed by atoms with E-state index >= 15 is 0 Å². The average molecular weight is 345 g/mol. The van der Waals surface area contributed by atoms with Crippen molar-refractivity contribution >= 4 is 60.8 Å². The zero-order chi connectivity index (χ0) is 9.65. The standard InChI is InChI=1S/C2H2O4.Ba.4H2O.Ti.2H/c3-1(4)2(5)6;;;;;;;;/h(H,3,4)(H,5,6);;4*1H2;;;/q;;;;;;+4;;/p-4. The summed E-state index contributed by atoms with van der Waals surface area (Å²) in [4.78, 5) is 18.2. The third-order valence-corrected chi connectivity index (χ3v) is 0.183. The first-order valence-corrected chi connectivity index (χ1v) is 4.79. The van der Waals surface area contributed by atoms with Crippen LogP contribution in [-0.2, 0) is 27.7 Å². The molecule has 12 heavy (non-hydrogen) atoms. The van der Waals surface area contributed by atoms with Gasteiger partial charge in [-0.1, -0.05) is 0 Å². The molecule has 0 spiro atoms. The Bertz CT molecular complexity index is 132. The normalized spacial score (nSPS) is 8.67. The van der Waals surface area contributed by atoms with E-state index in [9.17, 15) is 0 Å². The molecule has 10 heteroatoms. The fourth-order valence-electron chi connectivity index (χ4n) is 0. The van der Waals surface area contributed by atoms with Gasteiger partial charge < -0.3 is 10.2 Å². The molecule has 0 aliphatic rings. The van der Waals surface area contributed by atoms with E-state index in [2.05, 4.69) is 0 Å². The van der Waals surface area contributed by atoms with Crippen molar-refractivity contribution in [3.05, 3.63) is 0 Å². The summed E-state index contributed by atoms with van der Waals surface area (Å²) in [6, 6.07) is 0. The number of aliphatic carboxylic acids is 2. The Morgan fingerprint density at radius 3 is 0.917 bits per heavy atom. The zero-order valence-electron chi connectivity index (χ0n) is 5.00. The van der Waals surface area contributed by atoms with Gasteiger partial charge in [-0.2, -0.15) is 0 Å². The van der Waals surface area contributed by atoms with Crippen LogP contribution in [0.5, 0.6) is 0 Å². The van der Waals surface area contributed by atoms with Gasteiger partial charge in [-0.3, -0.25) is 0 Å². The summed E-state index contributed by atoms with van der Waals surface area (Å²) in [6.07, 6.45) is 0. The predicted octanol–water partition coefficient (Wildman–Crippen LogP) is -3.99. The minimum absolute atomic E-state index is 0. The summed E-state index contributed by atoms with van der Waals surface area (Å²) < 4.78 is 29.5. The molecule has 0 aromatic rings. The van der Waals surface area contributed by atoms with Crippen LogP contribution in [0.3, 0.4) is 0 Å². The molecule has 6 N–H and O–H groups in total. The van der Waals surface area contributed by atoms with E-state index in [1.165, 1.54) is 0 Å². The number of hydrogen-bond acceptors (Lipinski definition) is 6. The molecular formula is C2H8BaO8Ti. The van der Waals surface area contributed by atoms with Crippen molar-refractivity contribution in [1.82, 2.24) is 0 Å². The summed E-state index contributed by atoms with van der Waals surface area (Å²) >= 11 is -5.00. The molecular weight excluding hydrogens is 337 g/mol. The number of carboxylic acids is 2. The van der Waals surface area contributed by atoms with Crippen molar-refractivity contribution in [2.75, 3.05) is 0 Å². The van der Waals surface area contributed by atoms with Crippen LogP contribution >= 0.6 is 0 Å². The molecule has 0 saturated carbocycles. The molecule has 0 aromatic heterocycles. The van der Waals surface area contributed by atoms with Gasteiger partial charge in [0.25, 0.3) is 0 Å². The second-order valence-corrected chi connectivity index (χ2v) is 3.08. The van der Waals surface area contributed by atoms with Crippen LogP contribution in [0.1, 0.15) is 0 Å². The van der Waals surface area contributed by atoms with E-state index in [0.29, 0.717) is 0 Å². The summed E-state index contributed by atoms with van der Waals surface area (Å²) in [5, 5.41) is 14.8. The Labute approximate surface area is 112 Å². The molecule has 0 rings (SSSR count). The molecule has 0 saturated heterocycles. The van der Waals surface area contributed by atoms with E-state index in [4.69, 9.17) is 34.6 Å². The van der Waals surface area contributed by atoms with Crippen LogP contribution in [0.15, 0.2) is 0 Å². The van der Waals surface area contributed by atoms with Gasteiger partial charge in [-0.15, -0.1) is 0 Å². The molecule has 0 aliphatic heterocycles. The minimum atomic E-state index is -5.00. The Balaban J connectivity index is -0.000000126. The van der Waals surface area contributed by atoms with Crippen LogP contribution in [-0.4, -0.2) is 85.8 Å². The third kappa shape index (κ3) is 43.7. The first-order valence-electron chi connectivity index (χ1n) is 2.00. The van der Waals surface area contributed by atoms with E-state index in [1.54, 1.807) is 0 Å². The van der Waals surface area contributed by atoms with Gasteiger partial charge in [0, 0.05) is 0 Å². The van der Waals surface area contributed by atoms with Crippen LogP contribution in [0.25, 0.3) is 0 Å². The zero-order valence-corrected chi connectivity index (χ0v) is 6.56. The first kappa shape index (κ1) is 18.8. The van der Waals surface area contributed by atoms with Crippen molar-refractivity contribution < 1.29 is 52.7 Å². The fraction of sp³-hybridized carbons (Fsp3) is 0. The SMILES string of the molecule is O=C(O)C(=O)O.[BaH2].[OH][Ti]([OH])([OH])[OH]. The van der Waals surface area contributed by atoms with Crippen LogP contribution in [0.4, 0.5) is 0 Å². The van der Waals surface area contributed by atoms with Crippen molar-refractivity contribution in [3.63, 3.8) is 0 Å². The Morgan fingerprint density at radius 2 is 0.917 bits per heavy atom. The molecule has 0 fully saturated rings. The molecule has 0 radical (unpaired) electrons. The third-order valence-electron chi connectivity index (χ3n) is 0.183. The first-order chi connectivity index (χ1) is 4.64. The molecule has 0 unspecified atom stereocenters. The van der Waals surface area contributed by atoms with Crippen LogP contribution in [0, 0.1) is 0 Å². The summed E-state index contributed by atoms with van der Waals surface area (Å²) in [5.74, 6) is -3.65.